The lowest BCUT2D eigenvalue weighted by atomic mass is 10.2. The van der Waals surface area contributed by atoms with Gasteiger partial charge in [0.05, 0.1) is 5.69 Å². The van der Waals surface area contributed by atoms with Gasteiger partial charge in [0.2, 0.25) is 5.91 Å². The van der Waals surface area contributed by atoms with Gasteiger partial charge in [0, 0.05) is 31.7 Å². The predicted octanol–water partition coefficient (Wildman–Crippen LogP) is 2.32. The first-order valence-corrected chi connectivity index (χ1v) is 9.68. The number of aliphatic imine (C=N–C) groups is 1. The van der Waals surface area contributed by atoms with Gasteiger partial charge in [0.15, 0.2) is 5.96 Å². The summed E-state index contributed by atoms with van der Waals surface area (Å²) in [5, 5.41) is 9.38. The lowest BCUT2D eigenvalue weighted by Gasteiger charge is -2.22. The van der Waals surface area contributed by atoms with E-state index in [9.17, 15) is 13.6 Å². The van der Waals surface area contributed by atoms with Crippen molar-refractivity contribution in [3.63, 3.8) is 0 Å². The molecular weight excluding hydrogens is 495 g/mol. The molecule has 1 atom stereocenters. The van der Waals surface area contributed by atoms with Gasteiger partial charge in [-0.05, 0) is 38.3 Å². The van der Waals surface area contributed by atoms with Gasteiger partial charge in [-0.15, -0.1) is 24.0 Å². The summed E-state index contributed by atoms with van der Waals surface area (Å²) >= 11 is 0. The molecule has 1 aliphatic heterocycles. The number of carbonyl (C=O) groups excluding carboxylic acids is 1. The second-order valence-electron chi connectivity index (χ2n) is 6.96. The largest absolute Gasteiger partial charge is 0.433 e. The summed E-state index contributed by atoms with van der Waals surface area (Å²) in [5.41, 5.74) is 0.651. The van der Waals surface area contributed by atoms with Crippen LogP contribution in [0, 0.1) is 0 Å². The summed E-state index contributed by atoms with van der Waals surface area (Å²) in [6.07, 6.45) is 2.91. The zero-order valence-corrected chi connectivity index (χ0v) is 18.7. The number of hydrogen-bond acceptors (Lipinski definition) is 4. The molecule has 0 bridgehead atoms. The molecular formula is C19H28F2IN5O2. The molecule has 1 aromatic carbocycles. The maximum Gasteiger partial charge on any atom is 0.387 e. The zero-order chi connectivity index (χ0) is 19.9. The number of amides is 1. The Balaban J connectivity index is 0.00000300. The summed E-state index contributed by atoms with van der Waals surface area (Å²) in [6.45, 7) is 1.20. The van der Waals surface area contributed by atoms with Crippen LogP contribution in [0.2, 0.25) is 0 Å². The molecule has 1 aromatic rings. The lowest BCUT2D eigenvalue weighted by Crippen LogP contribution is -2.45. The highest BCUT2D eigenvalue weighted by Crippen LogP contribution is 2.31. The molecule has 1 aliphatic carbocycles. The molecule has 10 heteroatoms. The molecule has 0 spiro atoms. The molecule has 0 radical (unpaired) electrons. The van der Waals surface area contributed by atoms with Gasteiger partial charge in [-0.3, -0.25) is 4.79 Å². The number of anilines is 1. The third-order valence-corrected chi connectivity index (χ3v) is 4.62. The van der Waals surface area contributed by atoms with Crippen LogP contribution in [0.25, 0.3) is 0 Å². The second-order valence-corrected chi connectivity index (χ2v) is 6.96. The third-order valence-electron chi connectivity index (χ3n) is 4.62. The van der Waals surface area contributed by atoms with Crippen molar-refractivity contribution in [3.05, 3.63) is 24.3 Å². The predicted molar refractivity (Wildman–Crippen MR) is 119 cm³/mol. The van der Waals surface area contributed by atoms with Gasteiger partial charge < -0.3 is 25.6 Å². The quantitative estimate of drug-likeness (QED) is 0.277. The second kappa shape index (κ2) is 11.4. The van der Waals surface area contributed by atoms with Crippen LogP contribution < -0.4 is 25.6 Å². The van der Waals surface area contributed by atoms with E-state index in [1.807, 2.05) is 11.8 Å². The molecule has 3 rings (SSSR count). The van der Waals surface area contributed by atoms with Crippen molar-refractivity contribution in [1.29, 1.82) is 0 Å². The van der Waals surface area contributed by atoms with Crippen LogP contribution in [0.15, 0.2) is 29.3 Å². The standard InChI is InChI=1S/C19H27F2N5O2.HI/c1-2-22-19(23-11-17(27)24-13-7-8-13)25-14-9-10-26(12-14)15-5-3-4-6-16(15)28-18(20)21;/h3-6,13-14,18H,2,7-12H2,1H3,(H,24,27)(H2,22,23,25);1H. The highest BCUT2D eigenvalue weighted by Gasteiger charge is 2.26. The minimum atomic E-state index is -2.85. The molecule has 0 aromatic heterocycles. The van der Waals surface area contributed by atoms with Gasteiger partial charge in [-0.1, -0.05) is 12.1 Å². The molecule has 2 aliphatic rings. The molecule has 1 saturated heterocycles. The molecule has 29 heavy (non-hydrogen) atoms. The van der Waals surface area contributed by atoms with Gasteiger partial charge in [0.25, 0.3) is 0 Å². The average Bonchev–Trinajstić information content (AvgIpc) is 3.35. The summed E-state index contributed by atoms with van der Waals surface area (Å²) in [7, 11) is 0. The Kier molecular flexibility index (Phi) is 9.18. The Morgan fingerprint density at radius 2 is 2.00 bits per heavy atom. The van der Waals surface area contributed by atoms with E-state index in [0.717, 1.165) is 19.3 Å². The van der Waals surface area contributed by atoms with Crippen molar-refractivity contribution in [2.75, 3.05) is 31.1 Å². The first kappa shape index (κ1) is 23.4. The number of para-hydroxylation sites is 2. The van der Waals surface area contributed by atoms with Crippen LogP contribution in [-0.2, 0) is 4.79 Å². The molecule has 3 N–H and O–H groups in total. The van der Waals surface area contributed by atoms with E-state index < -0.39 is 6.61 Å². The van der Waals surface area contributed by atoms with Crippen molar-refractivity contribution < 1.29 is 18.3 Å². The molecule has 2 fully saturated rings. The SMILES string of the molecule is CCNC(=NCC(=O)NC1CC1)NC1CCN(c2ccccc2OC(F)F)C1.I. The fraction of sp³-hybridized carbons (Fsp3) is 0.579. The van der Waals surface area contributed by atoms with Crippen molar-refractivity contribution in [1.82, 2.24) is 16.0 Å². The number of hydrogen-bond donors (Lipinski definition) is 3. The van der Waals surface area contributed by atoms with Crippen molar-refractivity contribution >= 4 is 41.5 Å². The maximum atomic E-state index is 12.6. The van der Waals surface area contributed by atoms with E-state index in [0.29, 0.717) is 37.3 Å². The summed E-state index contributed by atoms with van der Waals surface area (Å²) in [5.74, 6) is 0.679. The highest BCUT2D eigenvalue weighted by molar-refractivity contribution is 14.0. The van der Waals surface area contributed by atoms with Crippen LogP contribution >= 0.6 is 24.0 Å². The number of carbonyl (C=O) groups is 1. The molecule has 1 saturated carbocycles. The van der Waals surface area contributed by atoms with Crippen LogP contribution in [0.3, 0.4) is 0 Å². The molecule has 162 valence electrons. The Labute approximate surface area is 186 Å². The Hall–Kier alpha value is -1.85. The number of halogens is 3. The van der Waals surface area contributed by atoms with E-state index in [4.69, 9.17) is 0 Å². The van der Waals surface area contributed by atoms with Crippen molar-refractivity contribution in [2.24, 2.45) is 4.99 Å². The minimum Gasteiger partial charge on any atom is -0.433 e. The number of nitrogens with zero attached hydrogens (tertiary/aromatic N) is 2. The van der Waals surface area contributed by atoms with E-state index in [1.54, 1.807) is 24.3 Å². The fourth-order valence-corrected chi connectivity index (χ4v) is 3.18. The maximum absolute atomic E-state index is 12.6. The Morgan fingerprint density at radius 3 is 2.69 bits per heavy atom. The van der Waals surface area contributed by atoms with E-state index in [-0.39, 0.29) is 48.2 Å². The third kappa shape index (κ3) is 7.48. The fourth-order valence-electron chi connectivity index (χ4n) is 3.18. The summed E-state index contributed by atoms with van der Waals surface area (Å²) in [4.78, 5) is 18.2. The van der Waals surface area contributed by atoms with Crippen molar-refractivity contribution in [2.45, 2.75) is 44.9 Å². The number of alkyl halides is 2. The Morgan fingerprint density at radius 1 is 1.24 bits per heavy atom. The summed E-state index contributed by atoms with van der Waals surface area (Å²) in [6, 6.07) is 7.21. The number of rotatable bonds is 8. The number of ether oxygens (including phenoxy) is 1. The van der Waals surface area contributed by atoms with Crippen LogP contribution in [0.1, 0.15) is 26.2 Å². The smallest absolute Gasteiger partial charge is 0.387 e. The summed E-state index contributed by atoms with van der Waals surface area (Å²) < 4.78 is 29.9. The number of guanidine groups is 1. The van der Waals surface area contributed by atoms with Crippen molar-refractivity contribution in [3.8, 4) is 5.75 Å². The molecule has 1 amide bonds. The van der Waals surface area contributed by atoms with Gasteiger partial charge in [-0.25, -0.2) is 4.99 Å². The lowest BCUT2D eigenvalue weighted by molar-refractivity contribution is -0.119. The topological polar surface area (TPSA) is 78.0 Å². The normalized spacial score (nSPS) is 19.0. The number of benzene rings is 1. The van der Waals surface area contributed by atoms with Crippen LogP contribution in [0.5, 0.6) is 5.75 Å². The highest BCUT2D eigenvalue weighted by atomic mass is 127. The van der Waals surface area contributed by atoms with E-state index in [2.05, 4.69) is 25.7 Å². The first-order valence-electron chi connectivity index (χ1n) is 9.68. The molecule has 1 heterocycles. The first-order chi connectivity index (χ1) is 13.5. The molecule has 7 nitrogen and oxygen atoms in total. The zero-order valence-electron chi connectivity index (χ0n) is 16.4. The monoisotopic (exact) mass is 523 g/mol. The van der Waals surface area contributed by atoms with Crippen LogP contribution in [0.4, 0.5) is 14.5 Å². The van der Waals surface area contributed by atoms with Gasteiger partial charge in [0.1, 0.15) is 12.3 Å². The van der Waals surface area contributed by atoms with Gasteiger partial charge in [-0.2, -0.15) is 8.78 Å². The average molecular weight is 523 g/mol. The molecule has 1 unspecified atom stereocenters. The van der Waals surface area contributed by atoms with Crippen LogP contribution in [-0.4, -0.2) is 56.7 Å². The Bertz CT molecular complexity index is 703. The van der Waals surface area contributed by atoms with E-state index >= 15 is 0 Å². The number of nitrogens with one attached hydrogen (secondary N) is 3. The van der Waals surface area contributed by atoms with E-state index in [1.165, 1.54) is 0 Å². The van der Waals surface area contributed by atoms with Gasteiger partial charge >= 0.3 is 6.61 Å². The minimum absolute atomic E-state index is 0.